The van der Waals surface area contributed by atoms with E-state index in [9.17, 15) is 0 Å². The Bertz CT molecular complexity index is 403. The third-order valence-corrected chi connectivity index (χ3v) is 2.90. The summed E-state index contributed by atoms with van der Waals surface area (Å²) in [6.45, 7) is 4.01. The summed E-state index contributed by atoms with van der Waals surface area (Å²) in [7, 11) is 1.67. The number of methoxy groups -OCH3 is 1. The lowest BCUT2D eigenvalue weighted by atomic mass is 10.3. The Morgan fingerprint density at radius 3 is 2.88 bits per heavy atom. The maximum Gasteiger partial charge on any atom is 0.142 e. The molecule has 0 bridgehead atoms. The van der Waals surface area contributed by atoms with Gasteiger partial charge < -0.3 is 9.64 Å². The SMILES string of the molecule is COCCN(CCC#N)c1ncc(C)cc1Br. The van der Waals surface area contributed by atoms with Crippen LogP contribution in [0, 0.1) is 18.3 Å². The quantitative estimate of drug-likeness (QED) is 0.809. The van der Waals surface area contributed by atoms with E-state index in [0.29, 0.717) is 19.6 Å². The molecule has 0 amide bonds. The third-order valence-electron chi connectivity index (χ3n) is 2.32. The van der Waals surface area contributed by atoms with Gasteiger partial charge in [-0.2, -0.15) is 5.26 Å². The average molecular weight is 298 g/mol. The van der Waals surface area contributed by atoms with Crippen LogP contribution in [0.5, 0.6) is 0 Å². The van der Waals surface area contributed by atoms with Crippen LogP contribution < -0.4 is 4.90 Å². The van der Waals surface area contributed by atoms with Gasteiger partial charge in [-0.3, -0.25) is 0 Å². The summed E-state index contributed by atoms with van der Waals surface area (Å²) in [5, 5.41) is 8.66. The van der Waals surface area contributed by atoms with Gasteiger partial charge in [-0.1, -0.05) is 0 Å². The van der Waals surface area contributed by atoms with Crippen LogP contribution in [0.25, 0.3) is 0 Å². The first-order valence-electron chi connectivity index (χ1n) is 5.42. The van der Waals surface area contributed by atoms with Crippen LogP contribution in [0.4, 0.5) is 5.82 Å². The number of nitriles is 1. The first kappa shape index (κ1) is 13.9. The molecule has 17 heavy (non-hydrogen) atoms. The van der Waals surface area contributed by atoms with Gasteiger partial charge in [0, 0.05) is 26.4 Å². The highest BCUT2D eigenvalue weighted by Gasteiger charge is 2.11. The molecule has 0 unspecified atom stereocenters. The van der Waals surface area contributed by atoms with Crippen molar-refractivity contribution in [3.05, 3.63) is 22.3 Å². The van der Waals surface area contributed by atoms with Gasteiger partial charge in [0.05, 0.1) is 23.6 Å². The van der Waals surface area contributed by atoms with Gasteiger partial charge >= 0.3 is 0 Å². The number of halogens is 1. The van der Waals surface area contributed by atoms with E-state index in [4.69, 9.17) is 10.00 Å². The number of hydrogen-bond acceptors (Lipinski definition) is 4. The predicted octanol–water partition coefficient (Wildman–Crippen LogP) is 2.52. The Balaban J connectivity index is 2.83. The van der Waals surface area contributed by atoms with Crippen molar-refractivity contribution in [2.45, 2.75) is 13.3 Å². The highest BCUT2D eigenvalue weighted by molar-refractivity contribution is 9.10. The summed E-state index contributed by atoms with van der Waals surface area (Å²) in [6, 6.07) is 4.17. The molecule has 0 fully saturated rings. The number of hydrogen-bond donors (Lipinski definition) is 0. The fraction of sp³-hybridized carbons (Fsp3) is 0.500. The first-order chi connectivity index (χ1) is 8.19. The molecular weight excluding hydrogens is 282 g/mol. The molecule has 0 radical (unpaired) electrons. The lowest BCUT2D eigenvalue weighted by Gasteiger charge is -2.23. The number of nitrogens with zero attached hydrogens (tertiary/aromatic N) is 3. The lowest BCUT2D eigenvalue weighted by Crippen LogP contribution is -2.29. The summed E-state index contributed by atoms with van der Waals surface area (Å²) in [5.41, 5.74) is 1.10. The maximum atomic E-state index is 8.66. The molecule has 0 atom stereocenters. The minimum atomic E-state index is 0.478. The van der Waals surface area contributed by atoms with Crippen molar-refractivity contribution in [2.75, 3.05) is 31.7 Å². The molecule has 1 rings (SSSR count). The van der Waals surface area contributed by atoms with Gasteiger partial charge in [-0.15, -0.1) is 0 Å². The summed E-state index contributed by atoms with van der Waals surface area (Å²) in [4.78, 5) is 6.45. The molecule has 1 aromatic rings. The molecule has 0 aliphatic carbocycles. The summed E-state index contributed by atoms with van der Waals surface area (Å²) in [6.07, 6.45) is 2.30. The van der Waals surface area contributed by atoms with E-state index in [0.717, 1.165) is 22.4 Å². The molecule has 0 aliphatic heterocycles. The van der Waals surface area contributed by atoms with Crippen molar-refractivity contribution in [2.24, 2.45) is 0 Å². The highest BCUT2D eigenvalue weighted by Crippen LogP contribution is 2.24. The van der Waals surface area contributed by atoms with Crippen molar-refractivity contribution < 1.29 is 4.74 Å². The van der Waals surface area contributed by atoms with Crippen molar-refractivity contribution in [3.63, 3.8) is 0 Å². The second kappa shape index (κ2) is 7.25. The maximum absolute atomic E-state index is 8.66. The molecule has 92 valence electrons. The van der Waals surface area contributed by atoms with E-state index in [-0.39, 0.29) is 0 Å². The number of aromatic nitrogens is 1. The lowest BCUT2D eigenvalue weighted by molar-refractivity contribution is 0.205. The second-order valence-electron chi connectivity index (χ2n) is 3.71. The zero-order valence-corrected chi connectivity index (χ0v) is 11.7. The number of ether oxygens (including phenoxy) is 1. The molecule has 0 spiro atoms. The van der Waals surface area contributed by atoms with E-state index < -0.39 is 0 Å². The Labute approximate surface area is 110 Å². The van der Waals surface area contributed by atoms with Crippen molar-refractivity contribution in [1.82, 2.24) is 4.98 Å². The molecule has 0 aliphatic rings. The molecule has 1 aromatic heterocycles. The minimum absolute atomic E-state index is 0.478. The van der Waals surface area contributed by atoms with Gasteiger partial charge in [-0.25, -0.2) is 4.98 Å². The van der Waals surface area contributed by atoms with E-state index in [1.54, 1.807) is 7.11 Å². The van der Waals surface area contributed by atoms with E-state index >= 15 is 0 Å². The number of aryl methyl sites for hydroxylation is 1. The van der Waals surface area contributed by atoms with E-state index in [1.807, 2.05) is 19.2 Å². The molecule has 0 saturated carbocycles. The van der Waals surface area contributed by atoms with Gasteiger partial charge in [0.25, 0.3) is 0 Å². The Hall–Kier alpha value is -1.12. The van der Waals surface area contributed by atoms with Crippen LogP contribution in [-0.2, 0) is 4.74 Å². The monoisotopic (exact) mass is 297 g/mol. The van der Waals surface area contributed by atoms with Crippen LogP contribution >= 0.6 is 15.9 Å². The highest BCUT2D eigenvalue weighted by atomic mass is 79.9. The van der Waals surface area contributed by atoms with Crippen molar-refractivity contribution in [3.8, 4) is 6.07 Å². The summed E-state index contributed by atoms with van der Waals surface area (Å²) in [5.74, 6) is 0.864. The topological polar surface area (TPSA) is 49.1 Å². The van der Waals surface area contributed by atoms with E-state index in [1.165, 1.54) is 0 Å². The van der Waals surface area contributed by atoms with Crippen LogP contribution in [0.3, 0.4) is 0 Å². The van der Waals surface area contributed by atoms with Crippen LogP contribution in [0.15, 0.2) is 16.7 Å². The van der Waals surface area contributed by atoms with Crippen molar-refractivity contribution in [1.29, 1.82) is 5.26 Å². The summed E-state index contributed by atoms with van der Waals surface area (Å²) < 4.78 is 6.02. The van der Waals surface area contributed by atoms with Crippen LogP contribution in [0.1, 0.15) is 12.0 Å². The number of pyridine rings is 1. The fourth-order valence-corrected chi connectivity index (χ4v) is 2.18. The van der Waals surface area contributed by atoms with Gasteiger partial charge in [0.2, 0.25) is 0 Å². The first-order valence-corrected chi connectivity index (χ1v) is 6.21. The minimum Gasteiger partial charge on any atom is -0.383 e. The second-order valence-corrected chi connectivity index (χ2v) is 4.56. The Morgan fingerprint density at radius 2 is 2.29 bits per heavy atom. The van der Waals surface area contributed by atoms with Gasteiger partial charge in [-0.05, 0) is 34.5 Å². The molecule has 0 N–H and O–H groups in total. The largest absolute Gasteiger partial charge is 0.383 e. The molecular formula is C12H16BrN3O. The summed E-state index contributed by atoms with van der Waals surface area (Å²) >= 11 is 3.50. The number of anilines is 1. The normalized spacial score (nSPS) is 10.0. The Morgan fingerprint density at radius 1 is 1.53 bits per heavy atom. The molecule has 0 saturated heterocycles. The predicted molar refractivity (Wildman–Crippen MR) is 71.0 cm³/mol. The van der Waals surface area contributed by atoms with Crippen molar-refractivity contribution >= 4 is 21.7 Å². The third kappa shape index (κ3) is 4.33. The molecule has 0 aromatic carbocycles. The zero-order valence-electron chi connectivity index (χ0n) is 10.1. The fourth-order valence-electron chi connectivity index (χ4n) is 1.47. The van der Waals surface area contributed by atoms with E-state index in [2.05, 4.69) is 31.9 Å². The Kier molecular flexibility index (Phi) is 5.95. The van der Waals surface area contributed by atoms with Crippen LogP contribution in [-0.4, -0.2) is 31.8 Å². The zero-order chi connectivity index (χ0) is 12.7. The standard InChI is InChI=1S/C12H16BrN3O/c1-10-8-11(13)12(15-9-10)16(5-3-4-14)6-7-17-2/h8-9H,3,5-7H2,1-2H3. The van der Waals surface area contributed by atoms with Gasteiger partial charge in [0.1, 0.15) is 5.82 Å². The molecule has 4 nitrogen and oxygen atoms in total. The average Bonchev–Trinajstić information content (AvgIpc) is 2.30. The number of rotatable bonds is 6. The molecule has 5 heteroatoms. The van der Waals surface area contributed by atoms with Crippen LogP contribution in [0.2, 0.25) is 0 Å². The van der Waals surface area contributed by atoms with Gasteiger partial charge in [0.15, 0.2) is 0 Å². The smallest absolute Gasteiger partial charge is 0.142 e. The molecule has 1 heterocycles.